The lowest BCUT2D eigenvalue weighted by molar-refractivity contribution is 1.33. The standard InChI is InChI=1S/C41H30S2/c1-25-20-26(2)37(27(3)21-25)36-24-34-33-23-35(32-19-18-28-12-10-11-17-31(28)22-32)42-40(33)38(29-13-6-4-7-14-29)39(41(34)43-36)30-15-8-5-9-16-30/h4-24H,1-3H3. The van der Waals surface area contributed by atoms with E-state index < -0.39 is 0 Å². The van der Waals surface area contributed by atoms with E-state index in [0.717, 1.165) is 0 Å². The number of hydrogen-bond donors (Lipinski definition) is 0. The zero-order valence-electron chi connectivity index (χ0n) is 24.4. The highest BCUT2D eigenvalue weighted by Gasteiger charge is 2.23. The van der Waals surface area contributed by atoms with E-state index in [1.54, 1.807) is 0 Å². The molecule has 2 heteroatoms. The molecular formula is C41H30S2. The fourth-order valence-electron chi connectivity index (χ4n) is 6.72. The van der Waals surface area contributed by atoms with E-state index in [1.165, 1.54) is 90.8 Å². The van der Waals surface area contributed by atoms with Gasteiger partial charge in [0.2, 0.25) is 0 Å². The van der Waals surface area contributed by atoms with Crippen molar-refractivity contribution in [2.45, 2.75) is 20.8 Å². The third kappa shape index (κ3) is 4.41. The number of aryl methyl sites for hydroxylation is 3. The molecule has 2 aromatic heterocycles. The fraction of sp³-hybridized carbons (Fsp3) is 0.0732. The first-order valence-corrected chi connectivity index (χ1v) is 16.4. The van der Waals surface area contributed by atoms with Crippen LogP contribution in [0.15, 0.2) is 127 Å². The lowest BCUT2D eigenvalue weighted by Gasteiger charge is -2.14. The van der Waals surface area contributed by atoms with Crippen LogP contribution in [0.4, 0.5) is 0 Å². The minimum atomic E-state index is 1.26. The molecule has 0 amide bonds. The predicted molar refractivity (Wildman–Crippen MR) is 191 cm³/mol. The summed E-state index contributed by atoms with van der Waals surface area (Å²) in [5.74, 6) is 0. The third-order valence-corrected chi connectivity index (χ3v) is 10.9. The summed E-state index contributed by atoms with van der Waals surface area (Å²) in [4.78, 5) is 2.65. The van der Waals surface area contributed by atoms with Crippen molar-refractivity contribution in [1.29, 1.82) is 0 Å². The molecule has 0 aliphatic heterocycles. The Balaban J connectivity index is 1.50. The fourth-order valence-corrected chi connectivity index (χ4v) is 9.38. The molecule has 0 aliphatic rings. The molecule has 0 atom stereocenters. The van der Waals surface area contributed by atoms with Gasteiger partial charge in [0.05, 0.1) is 0 Å². The van der Waals surface area contributed by atoms with Crippen LogP contribution in [0.2, 0.25) is 0 Å². The van der Waals surface area contributed by atoms with Crippen LogP contribution in [0.3, 0.4) is 0 Å². The quantitative estimate of drug-likeness (QED) is 0.192. The highest BCUT2D eigenvalue weighted by atomic mass is 32.1. The maximum absolute atomic E-state index is 2.46. The van der Waals surface area contributed by atoms with Crippen LogP contribution in [0.1, 0.15) is 16.7 Å². The molecule has 0 fully saturated rings. The normalized spacial score (nSPS) is 11.6. The molecule has 0 saturated carbocycles. The van der Waals surface area contributed by atoms with Gasteiger partial charge in [-0.25, -0.2) is 0 Å². The number of fused-ring (bicyclic) bond motifs is 4. The number of hydrogen-bond acceptors (Lipinski definition) is 2. The lowest BCUT2D eigenvalue weighted by Crippen LogP contribution is -1.87. The first-order valence-electron chi connectivity index (χ1n) is 14.8. The molecule has 6 aromatic carbocycles. The highest BCUT2D eigenvalue weighted by molar-refractivity contribution is 7.25. The Kier molecular flexibility index (Phi) is 6.29. The smallest absolute Gasteiger partial charge is 0.0441 e. The van der Waals surface area contributed by atoms with Crippen LogP contribution in [0, 0.1) is 20.8 Å². The second-order valence-corrected chi connectivity index (χ2v) is 13.6. The van der Waals surface area contributed by atoms with E-state index in [-0.39, 0.29) is 0 Å². The third-order valence-electron chi connectivity index (χ3n) is 8.54. The molecule has 0 bridgehead atoms. The molecule has 0 N–H and O–H groups in total. The largest absolute Gasteiger partial charge is 0.135 e. The molecule has 0 unspecified atom stereocenters. The summed E-state index contributed by atoms with van der Waals surface area (Å²) in [6.45, 7) is 6.70. The summed E-state index contributed by atoms with van der Waals surface area (Å²) in [6, 6.07) is 47.0. The van der Waals surface area contributed by atoms with E-state index in [1.807, 2.05) is 22.7 Å². The van der Waals surface area contributed by atoms with Crippen LogP contribution in [0.25, 0.3) is 74.1 Å². The van der Waals surface area contributed by atoms with E-state index in [4.69, 9.17) is 0 Å². The van der Waals surface area contributed by atoms with E-state index in [2.05, 4.69) is 148 Å². The summed E-state index contributed by atoms with van der Waals surface area (Å²) in [7, 11) is 0. The van der Waals surface area contributed by atoms with Crippen molar-refractivity contribution in [2.75, 3.05) is 0 Å². The van der Waals surface area contributed by atoms with Crippen molar-refractivity contribution in [3.8, 4) is 43.1 Å². The highest BCUT2D eigenvalue weighted by Crippen LogP contribution is 2.52. The summed E-state index contributed by atoms with van der Waals surface area (Å²) in [5, 5.41) is 5.24. The van der Waals surface area contributed by atoms with Crippen molar-refractivity contribution in [3.05, 3.63) is 144 Å². The van der Waals surface area contributed by atoms with E-state index in [9.17, 15) is 0 Å². The van der Waals surface area contributed by atoms with Gasteiger partial charge in [-0.3, -0.25) is 0 Å². The molecular weight excluding hydrogens is 557 g/mol. The Hall–Kier alpha value is -4.50. The Morgan fingerprint density at radius 3 is 1.51 bits per heavy atom. The predicted octanol–water partition coefficient (Wildman–Crippen LogP) is 12.9. The number of rotatable bonds is 4. The average molecular weight is 587 g/mol. The van der Waals surface area contributed by atoms with Gasteiger partial charge < -0.3 is 0 Å². The summed E-state index contributed by atoms with van der Waals surface area (Å²) in [5.41, 5.74) is 11.8. The SMILES string of the molecule is Cc1cc(C)c(-c2cc3c(s2)c(-c2ccccc2)c(-c2ccccc2)c2sc(-c4ccc5ccccc5c4)cc23)c(C)c1. The van der Waals surface area contributed by atoms with Crippen molar-refractivity contribution in [3.63, 3.8) is 0 Å². The Morgan fingerprint density at radius 2 is 0.907 bits per heavy atom. The molecule has 0 spiro atoms. The zero-order valence-corrected chi connectivity index (χ0v) is 26.1. The van der Waals surface area contributed by atoms with Crippen LogP contribution < -0.4 is 0 Å². The molecule has 8 rings (SSSR count). The van der Waals surface area contributed by atoms with Gasteiger partial charge in [0.1, 0.15) is 0 Å². The second-order valence-electron chi connectivity index (χ2n) is 11.5. The Morgan fingerprint density at radius 1 is 0.395 bits per heavy atom. The van der Waals surface area contributed by atoms with Gasteiger partial charge >= 0.3 is 0 Å². The van der Waals surface area contributed by atoms with Gasteiger partial charge in [-0.05, 0) is 83.1 Å². The van der Waals surface area contributed by atoms with E-state index >= 15 is 0 Å². The molecule has 2 heterocycles. The van der Waals surface area contributed by atoms with Crippen LogP contribution in [-0.4, -0.2) is 0 Å². The van der Waals surface area contributed by atoms with Gasteiger partial charge in [-0.15, -0.1) is 22.7 Å². The van der Waals surface area contributed by atoms with Crippen molar-refractivity contribution >= 4 is 53.6 Å². The minimum absolute atomic E-state index is 1.26. The zero-order chi connectivity index (χ0) is 29.1. The molecule has 8 aromatic rings. The van der Waals surface area contributed by atoms with Crippen LogP contribution in [0.5, 0.6) is 0 Å². The van der Waals surface area contributed by atoms with Crippen molar-refractivity contribution in [2.24, 2.45) is 0 Å². The molecule has 43 heavy (non-hydrogen) atoms. The van der Waals surface area contributed by atoms with Crippen LogP contribution in [-0.2, 0) is 0 Å². The van der Waals surface area contributed by atoms with Gasteiger partial charge in [-0.1, -0.05) is 115 Å². The maximum Gasteiger partial charge on any atom is 0.0441 e. The van der Waals surface area contributed by atoms with Gasteiger partial charge in [0.25, 0.3) is 0 Å². The summed E-state index contributed by atoms with van der Waals surface area (Å²) >= 11 is 3.86. The Bertz CT molecular complexity index is 2280. The Labute approximate surface area is 260 Å². The summed E-state index contributed by atoms with van der Waals surface area (Å²) in [6.07, 6.45) is 0. The first-order chi connectivity index (χ1) is 21.0. The number of benzene rings is 6. The molecule has 0 aliphatic carbocycles. The minimum Gasteiger partial charge on any atom is -0.135 e. The summed E-state index contributed by atoms with van der Waals surface area (Å²) < 4.78 is 2.71. The second kappa shape index (κ2) is 10.3. The molecule has 0 radical (unpaired) electrons. The van der Waals surface area contributed by atoms with E-state index in [0.29, 0.717) is 0 Å². The van der Waals surface area contributed by atoms with Gasteiger partial charge in [0, 0.05) is 41.1 Å². The van der Waals surface area contributed by atoms with Gasteiger partial charge in [0.15, 0.2) is 0 Å². The van der Waals surface area contributed by atoms with Crippen molar-refractivity contribution < 1.29 is 0 Å². The molecule has 0 nitrogen and oxygen atoms in total. The topological polar surface area (TPSA) is 0 Å². The maximum atomic E-state index is 2.46. The van der Waals surface area contributed by atoms with Crippen molar-refractivity contribution in [1.82, 2.24) is 0 Å². The number of thiophene rings is 2. The molecule has 206 valence electrons. The first kappa shape index (κ1) is 26.2. The lowest BCUT2D eigenvalue weighted by atomic mass is 9.91. The average Bonchev–Trinajstić information content (AvgIpc) is 3.66. The molecule has 0 saturated heterocycles. The van der Waals surface area contributed by atoms with Gasteiger partial charge in [-0.2, -0.15) is 0 Å². The van der Waals surface area contributed by atoms with Crippen LogP contribution >= 0.6 is 22.7 Å². The monoisotopic (exact) mass is 586 g/mol.